The number of rotatable bonds is 3. The number of pyridine rings is 1. The molecule has 1 aromatic rings. The number of halogens is 1. The molecule has 0 radical (unpaired) electrons. The topological polar surface area (TPSA) is 59.1 Å². The van der Waals surface area contributed by atoms with Crippen LogP contribution < -0.4 is 4.72 Å². The van der Waals surface area contributed by atoms with Crippen molar-refractivity contribution < 1.29 is 8.42 Å². The lowest BCUT2D eigenvalue weighted by atomic mass is 10.4. The van der Waals surface area contributed by atoms with E-state index in [9.17, 15) is 8.42 Å². The molecule has 1 aromatic heterocycles. The van der Waals surface area contributed by atoms with Crippen molar-refractivity contribution in [3.63, 3.8) is 0 Å². The van der Waals surface area contributed by atoms with Gasteiger partial charge in [-0.3, -0.25) is 0 Å². The maximum Gasteiger partial charge on any atom is 0.242 e. The SMILES string of the molecule is CCNS(=O)(=O)c1ccc(Br)nc1C. The zero-order valence-electron chi connectivity index (χ0n) is 7.91. The lowest BCUT2D eigenvalue weighted by molar-refractivity contribution is 0.582. The fraction of sp³-hybridized carbons (Fsp3) is 0.375. The van der Waals surface area contributed by atoms with E-state index in [1.54, 1.807) is 19.9 Å². The molecule has 0 unspecified atom stereocenters. The Morgan fingerprint density at radius 1 is 1.50 bits per heavy atom. The van der Waals surface area contributed by atoms with Crippen LogP contribution in [-0.2, 0) is 10.0 Å². The first-order valence-electron chi connectivity index (χ1n) is 4.10. The zero-order chi connectivity index (χ0) is 10.8. The highest BCUT2D eigenvalue weighted by molar-refractivity contribution is 9.10. The van der Waals surface area contributed by atoms with Crippen LogP contribution in [0.4, 0.5) is 0 Å². The van der Waals surface area contributed by atoms with E-state index >= 15 is 0 Å². The van der Waals surface area contributed by atoms with Crippen LogP contribution in [0.5, 0.6) is 0 Å². The third-order valence-electron chi connectivity index (χ3n) is 1.63. The smallest absolute Gasteiger partial charge is 0.242 e. The number of hydrogen-bond donors (Lipinski definition) is 1. The highest BCUT2D eigenvalue weighted by Crippen LogP contribution is 2.15. The van der Waals surface area contributed by atoms with Crippen molar-refractivity contribution in [3.05, 3.63) is 22.4 Å². The average molecular weight is 279 g/mol. The second-order valence-electron chi connectivity index (χ2n) is 2.72. The average Bonchev–Trinajstić information content (AvgIpc) is 2.02. The minimum atomic E-state index is -3.39. The van der Waals surface area contributed by atoms with E-state index in [1.807, 2.05) is 0 Å². The number of nitrogens with one attached hydrogen (secondary N) is 1. The Kier molecular flexibility index (Phi) is 3.63. The Bertz CT molecular complexity index is 431. The molecule has 6 heteroatoms. The van der Waals surface area contributed by atoms with Gasteiger partial charge in [-0.05, 0) is 35.0 Å². The van der Waals surface area contributed by atoms with Crippen molar-refractivity contribution in [2.24, 2.45) is 0 Å². The molecule has 0 bridgehead atoms. The molecule has 4 nitrogen and oxygen atoms in total. The normalized spacial score (nSPS) is 11.6. The van der Waals surface area contributed by atoms with Gasteiger partial charge in [-0.15, -0.1) is 0 Å². The number of sulfonamides is 1. The summed E-state index contributed by atoms with van der Waals surface area (Å²) < 4.78 is 26.2. The van der Waals surface area contributed by atoms with Crippen molar-refractivity contribution in [1.29, 1.82) is 0 Å². The van der Waals surface area contributed by atoms with Crippen LogP contribution in [-0.4, -0.2) is 19.9 Å². The first-order valence-corrected chi connectivity index (χ1v) is 6.38. The van der Waals surface area contributed by atoms with Crippen LogP contribution in [0.15, 0.2) is 21.6 Å². The van der Waals surface area contributed by atoms with Crippen LogP contribution in [0.2, 0.25) is 0 Å². The molecular formula is C8H11BrN2O2S. The summed E-state index contributed by atoms with van der Waals surface area (Å²) in [5.41, 5.74) is 0.486. The van der Waals surface area contributed by atoms with Gasteiger partial charge in [-0.25, -0.2) is 18.1 Å². The summed E-state index contributed by atoms with van der Waals surface area (Å²) in [5.74, 6) is 0. The second-order valence-corrected chi connectivity index (χ2v) is 5.27. The molecule has 0 aliphatic carbocycles. The molecule has 1 heterocycles. The first kappa shape index (κ1) is 11.6. The van der Waals surface area contributed by atoms with Gasteiger partial charge in [0.15, 0.2) is 0 Å². The van der Waals surface area contributed by atoms with Crippen molar-refractivity contribution in [1.82, 2.24) is 9.71 Å². The monoisotopic (exact) mass is 278 g/mol. The molecule has 0 fully saturated rings. The molecule has 0 spiro atoms. The molecule has 0 amide bonds. The lowest BCUT2D eigenvalue weighted by Crippen LogP contribution is -2.24. The molecule has 0 saturated heterocycles. The number of aryl methyl sites for hydroxylation is 1. The quantitative estimate of drug-likeness (QED) is 0.852. The molecule has 1 N–H and O–H groups in total. The van der Waals surface area contributed by atoms with Crippen molar-refractivity contribution in [2.45, 2.75) is 18.7 Å². The second kappa shape index (κ2) is 4.37. The summed E-state index contributed by atoms with van der Waals surface area (Å²) in [5, 5.41) is 0. The van der Waals surface area contributed by atoms with E-state index in [1.165, 1.54) is 6.07 Å². The molecule has 0 aliphatic heterocycles. The van der Waals surface area contributed by atoms with Gasteiger partial charge in [0, 0.05) is 6.54 Å². The first-order chi connectivity index (χ1) is 6.47. The Labute approximate surface area is 91.9 Å². The molecule has 0 aliphatic rings. The van der Waals surface area contributed by atoms with Gasteiger partial charge in [0.1, 0.15) is 9.50 Å². The molecule has 0 atom stereocenters. The van der Waals surface area contributed by atoms with Crippen molar-refractivity contribution >= 4 is 26.0 Å². The maximum absolute atomic E-state index is 11.6. The van der Waals surface area contributed by atoms with Gasteiger partial charge in [0.2, 0.25) is 10.0 Å². The van der Waals surface area contributed by atoms with Crippen LogP contribution in [0.1, 0.15) is 12.6 Å². The Balaban J connectivity index is 3.20. The van der Waals surface area contributed by atoms with E-state index in [0.717, 1.165) is 0 Å². The summed E-state index contributed by atoms with van der Waals surface area (Å²) in [4.78, 5) is 4.24. The summed E-state index contributed by atoms with van der Waals surface area (Å²) in [6.45, 7) is 3.77. The van der Waals surface area contributed by atoms with Gasteiger partial charge >= 0.3 is 0 Å². The van der Waals surface area contributed by atoms with Gasteiger partial charge in [0.05, 0.1) is 5.69 Å². The highest BCUT2D eigenvalue weighted by Gasteiger charge is 2.15. The van der Waals surface area contributed by atoms with Crippen LogP contribution in [0.25, 0.3) is 0 Å². The summed E-state index contributed by atoms with van der Waals surface area (Å²) >= 11 is 3.18. The lowest BCUT2D eigenvalue weighted by Gasteiger charge is -2.06. The Morgan fingerprint density at radius 3 is 2.64 bits per heavy atom. The third kappa shape index (κ3) is 2.52. The molecule has 1 rings (SSSR count). The van der Waals surface area contributed by atoms with E-state index in [-0.39, 0.29) is 4.90 Å². The minimum Gasteiger partial charge on any atom is -0.245 e. The molecule has 0 aromatic carbocycles. The van der Waals surface area contributed by atoms with Gasteiger partial charge in [0.25, 0.3) is 0 Å². The number of hydrogen-bond acceptors (Lipinski definition) is 3. The van der Waals surface area contributed by atoms with E-state index < -0.39 is 10.0 Å². The standard InChI is InChI=1S/C8H11BrN2O2S/c1-3-10-14(12,13)7-4-5-8(9)11-6(7)2/h4-5,10H,3H2,1-2H3. The van der Waals surface area contributed by atoms with Gasteiger partial charge in [-0.1, -0.05) is 6.92 Å². The van der Waals surface area contributed by atoms with Crippen molar-refractivity contribution in [2.75, 3.05) is 6.54 Å². The van der Waals surface area contributed by atoms with E-state index in [0.29, 0.717) is 16.8 Å². The highest BCUT2D eigenvalue weighted by atomic mass is 79.9. The number of nitrogens with zero attached hydrogens (tertiary/aromatic N) is 1. The number of aromatic nitrogens is 1. The third-order valence-corrected chi connectivity index (χ3v) is 3.75. The molecule has 78 valence electrons. The molecular weight excluding hydrogens is 268 g/mol. The molecule has 14 heavy (non-hydrogen) atoms. The fourth-order valence-electron chi connectivity index (χ4n) is 1.07. The maximum atomic E-state index is 11.6. The van der Waals surface area contributed by atoms with Crippen LogP contribution in [0.3, 0.4) is 0 Å². The summed E-state index contributed by atoms with van der Waals surface area (Å²) in [6.07, 6.45) is 0. The van der Waals surface area contributed by atoms with Crippen LogP contribution >= 0.6 is 15.9 Å². The summed E-state index contributed by atoms with van der Waals surface area (Å²) in [7, 11) is -3.39. The minimum absolute atomic E-state index is 0.225. The van der Waals surface area contributed by atoms with E-state index in [4.69, 9.17) is 0 Å². The Morgan fingerprint density at radius 2 is 2.14 bits per heavy atom. The van der Waals surface area contributed by atoms with Gasteiger partial charge < -0.3 is 0 Å². The van der Waals surface area contributed by atoms with E-state index in [2.05, 4.69) is 25.6 Å². The van der Waals surface area contributed by atoms with Gasteiger partial charge in [-0.2, -0.15) is 0 Å². The largest absolute Gasteiger partial charge is 0.245 e. The zero-order valence-corrected chi connectivity index (χ0v) is 10.3. The summed E-state index contributed by atoms with van der Waals surface area (Å²) in [6, 6.07) is 3.14. The fourth-order valence-corrected chi connectivity index (χ4v) is 2.68. The Hall–Kier alpha value is -0.460. The van der Waals surface area contributed by atoms with Crippen LogP contribution in [0, 0.1) is 6.92 Å². The predicted octanol–water partition coefficient (Wildman–Crippen LogP) is 1.45. The predicted molar refractivity (Wildman–Crippen MR) is 57.5 cm³/mol. The van der Waals surface area contributed by atoms with Crippen molar-refractivity contribution in [3.8, 4) is 0 Å². The molecule has 0 saturated carbocycles.